The Labute approximate surface area is 71.6 Å². The van der Waals surface area contributed by atoms with Gasteiger partial charge in [-0.05, 0) is 13.8 Å². The summed E-state index contributed by atoms with van der Waals surface area (Å²) in [5, 5.41) is 0. The Bertz CT molecular complexity index is 261. The van der Waals surface area contributed by atoms with Crippen LogP contribution in [0.1, 0.15) is 20.8 Å². The van der Waals surface area contributed by atoms with Gasteiger partial charge in [0, 0.05) is 13.6 Å². The minimum absolute atomic E-state index is 0.564. The Kier molecular flexibility index (Phi) is 2.01. The quantitative estimate of drug-likeness (QED) is 0.644. The molecule has 70 valence electrons. The first kappa shape index (κ1) is 9.62. The summed E-state index contributed by atoms with van der Waals surface area (Å²) < 4.78 is 21.6. The Morgan fingerprint density at radius 1 is 1.33 bits per heavy atom. The molecule has 0 saturated heterocycles. The predicted molar refractivity (Wildman–Crippen MR) is 44.7 cm³/mol. The van der Waals surface area contributed by atoms with Crippen molar-refractivity contribution in [3.63, 3.8) is 0 Å². The van der Waals surface area contributed by atoms with Gasteiger partial charge in [0.2, 0.25) is 0 Å². The number of hydrogen-bond acceptors (Lipinski definition) is 3. The zero-order valence-corrected chi connectivity index (χ0v) is 8.51. The van der Waals surface area contributed by atoms with E-state index in [4.69, 9.17) is 9.47 Å². The highest BCUT2D eigenvalue weighted by Crippen LogP contribution is 2.56. The summed E-state index contributed by atoms with van der Waals surface area (Å²) in [6.45, 7) is 6.10. The van der Waals surface area contributed by atoms with Crippen molar-refractivity contribution in [2.75, 3.05) is 6.66 Å². The van der Waals surface area contributed by atoms with Crippen LogP contribution in [0.2, 0.25) is 0 Å². The molecule has 0 radical (unpaired) electrons. The maximum Gasteiger partial charge on any atom is 0.324 e. The molecule has 1 unspecified atom stereocenters. The summed E-state index contributed by atoms with van der Waals surface area (Å²) in [5.74, 6) is 1.13. The highest BCUT2D eigenvalue weighted by molar-refractivity contribution is 7.58. The second kappa shape index (κ2) is 2.51. The van der Waals surface area contributed by atoms with Crippen LogP contribution in [0.5, 0.6) is 0 Å². The molecular formula is C7H13O4P. The van der Waals surface area contributed by atoms with Crippen molar-refractivity contribution in [2.45, 2.75) is 26.3 Å². The maximum atomic E-state index is 11.3. The first-order valence-electron chi connectivity index (χ1n) is 3.62. The summed E-state index contributed by atoms with van der Waals surface area (Å²) in [7, 11) is -3.39. The zero-order valence-electron chi connectivity index (χ0n) is 7.62. The van der Waals surface area contributed by atoms with Crippen LogP contribution in [0, 0.1) is 0 Å². The normalized spacial score (nSPS) is 26.1. The van der Waals surface area contributed by atoms with Gasteiger partial charge in [-0.25, -0.2) is 0 Å². The van der Waals surface area contributed by atoms with Crippen LogP contribution in [0.3, 0.4) is 0 Å². The van der Waals surface area contributed by atoms with Crippen molar-refractivity contribution >= 4 is 7.37 Å². The van der Waals surface area contributed by atoms with E-state index in [9.17, 15) is 9.46 Å². The van der Waals surface area contributed by atoms with Crippen LogP contribution < -0.4 is 0 Å². The highest BCUT2D eigenvalue weighted by atomic mass is 31.2. The van der Waals surface area contributed by atoms with E-state index >= 15 is 0 Å². The Balaban J connectivity index is 2.91. The third kappa shape index (κ3) is 1.37. The van der Waals surface area contributed by atoms with Crippen molar-refractivity contribution in [3.05, 3.63) is 11.5 Å². The molecule has 0 bridgehead atoms. The molecule has 1 rings (SSSR count). The molecule has 5 heteroatoms. The fourth-order valence-electron chi connectivity index (χ4n) is 0.902. The van der Waals surface area contributed by atoms with Gasteiger partial charge in [0.15, 0.2) is 0 Å². The molecule has 0 saturated carbocycles. The highest BCUT2D eigenvalue weighted by Gasteiger charge is 2.48. The predicted octanol–water partition coefficient (Wildman–Crippen LogP) is 1.86. The fourth-order valence-corrected chi connectivity index (χ4v) is 1.51. The van der Waals surface area contributed by atoms with Crippen LogP contribution in [-0.2, 0) is 14.0 Å². The first-order valence-corrected chi connectivity index (χ1v) is 5.73. The lowest BCUT2D eigenvalue weighted by atomic mass is 10.5. The second-order valence-corrected chi connectivity index (χ2v) is 5.66. The third-order valence-corrected chi connectivity index (χ3v) is 3.62. The van der Waals surface area contributed by atoms with Crippen LogP contribution in [-0.4, -0.2) is 17.1 Å². The van der Waals surface area contributed by atoms with Gasteiger partial charge in [-0.2, -0.15) is 0 Å². The largest absolute Gasteiger partial charge is 0.446 e. The van der Waals surface area contributed by atoms with E-state index in [1.807, 2.05) is 0 Å². The van der Waals surface area contributed by atoms with Crippen LogP contribution >= 0.6 is 7.37 Å². The number of allylic oxidation sites excluding steroid dienone is 2. The zero-order chi connectivity index (χ0) is 9.57. The van der Waals surface area contributed by atoms with Crippen LogP contribution in [0.25, 0.3) is 0 Å². The van der Waals surface area contributed by atoms with Gasteiger partial charge < -0.3 is 14.4 Å². The molecule has 12 heavy (non-hydrogen) atoms. The molecule has 0 spiro atoms. The number of rotatable bonds is 1. The third-order valence-electron chi connectivity index (χ3n) is 1.93. The Hall–Kier alpha value is -0.470. The molecule has 4 nitrogen and oxygen atoms in total. The minimum atomic E-state index is -3.39. The lowest BCUT2D eigenvalue weighted by Crippen LogP contribution is -2.25. The van der Waals surface area contributed by atoms with E-state index in [-0.39, 0.29) is 0 Å². The van der Waals surface area contributed by atoms with Gasteiger partial charge in [-0.1, -0.05) is 0 Å². The van der Waals surface area contributed by atoms with E-state index in [2.05, 4.69) is 0 Å². The molecular weight excluding hydrogens is 179 g/mol. The Morgan fingerprint density at radius 3 is 1.83 bits per heavy atom. The maximum absolute atomic E-state index is 11.3. The molecule has 0 aromatic rings. The van der Waals surface area contributed by atoms with Crippen molar-refractivity contribution in [3.8, 4) is 0 Å². The van der Waals surface area contributed by atoms with Gasteiger partial charge in [-0.15, -0.1) is 0 Å². The molecule has 1 heterocycles. The SMILES string of the molecule is CC1=C(C)OC(C)(P(C)(=O)O)O1. The lowest BCUT2D eigenvalue weighted by Gasteiger charge is -2.26. The molecule has 0 aliphatic carbocycles. The average molecular weight is 192 g/mol. The topological polar surface area (TPSA) is 55.8 Å². The fraction of sp³-hybridized carbons (Fsp3) is 0.714. The molecule has 1 N–H and O–H groups in total. The van der Waals surface area contributed by atoms with Crippen molar-refractivity contribution in [1.82, 2.24) is 0 Å². The average Bonchev–Trinajstić information content (AvgIpc) is 2.06. The van der Waals surface area contributed by atoms with Gasteiger partial charge in [0.05, 0.1) is 0 Å². The standard InChI is InChI=1S/C7H13O4P/c1-5-6(2)11-7(3,10-5)12(4,8)9/h1-4H3,(H,8,9). The van der Waals surface area contributed by atoms with E-state index in [1.165, 1.54) is 13.6 Å². The van der Waals surface area contributed by atoms with Gasteiger partial charge in [-0.3, -0.25) is 4.57 Å². The van der Waals surface area contributed by atoms with E-state index in [0.717, 1.165) is 0 Å². The second-order valence-electron chi connectivity index (χ2n) is 3.09. The summed E-state index contributed by atoms with van der Waals surface area (Å²) in [6, 6.07) is 0. The minimum Gasteiger partial charge on any atom is -0.446 e. The monoisotopic (exact) mass is 192 g/mol. The summed E-state index contributed by atoms with van der Waals surface area (Å²) >= 11 is 0. The van der Waals surface area contributed by atoms with Crippen LogP contribution in [0.4, 0.5) is 0 Å². The van der Waals surface area contributed by atoms with Gasteiger partial charge in [0.25, 0.3) is 7.37 Å². The van der Waals surface area contributed by atoms with E-state index in [0.29, 0.717) is 11.5 Å². The van der Waals surface area contributed by atoms with E-state index < -0.39 is 12.9 Å². The van der Waals surface area contributed by atoms with Crippen molar-refractivity contribution in [1.29, 1.82) is 0 Å². The molecule has 0 aromatic heterocycles. The summed E-state index contributed by atoms with van der Waals surface area (Å²) in [4.78, 5) is 9.29. The molecule has 1 atom stereocenters. The van der Waals surface area contributed by atoms with Gasteiger partial charge >= 0.3 is 5.53 Å². The molecule has 0 aromatic carbocycles. The lowest BCUT2D eigenvalue weighted by molar-refractivity contribution is -0.0738. The smallest absolute Gasteiger partial charge is 0.324 e. The summed E-state index contributed by atoms with van der Waals surface area (Å²) in [6.07, 6.45) is 0. The molecule has 0 amide bonds. The summed E-state index contributed by atoms with van der Waals surface area (Å²) in [5.41, 5.74) is -1.39. The molecule has 1 aliphatic heterocycles. The number of hydrogen-bond donors (Lipinski definition) is 1. The molecule has 1 aliphatic rings. The van der Waals surface area contributed by atoms with Crippen molar-refractivity contribution in [2.24, 2.45) is 0 Å². The number of ether oxygens (including phenoxy) is 2. The first-order chi connectivity index (χ1) is 5.26. The molecule has 0 fully saturated rings. The van der Waals surface area contributed by atoms with Crippen LogP contribution in [0.15, 0.2) is 11.5 Å². The van der Waals surface area contributed by atoms with Crippen molar-refractivity contribution < 1.29 is 18.9 Å². The van der Waals surface area contributed by atoms with E-state index in [1.54, 1.807) is 13.8 Å². The Morgan fingerprint density at radius 2 is 1.67 bits per heavy atom. The van der Waals surface area contributed by atoms with Gasteiger partial charge in [0.1, 0.15) is 11.5 Å².